The summed E-state index contributed by atoms with van der Waals surface area (Å²) in [5.41, 5.74) is 2.48. The molecule has 0 atom stereocenters. The van der Waals surface area contributed by atoms with E-state index in [0.717, 1.165) is 18.7 Å². The average Bonchev–Trinajstić information content (AvgIpc) is 2.59. The Morgan fingerprint density at radius 2 is 1.93 bits per heavy atom. The minimum atomic E-state index is 0. The lowest BCUT2D eigenvalue weighted by Crippen LogP contribution is -3.00. The Hall–Kier alpha value is -1.11. The molecule has 0 N–H and O–H groups in total. The van der Waals surface area contributed by atoms with Crippen molar-refractivity contribution in [2.24, 2.45) is 0 Å². The first-order chi connectivity index (χ1) is 12.3. The quantitative estimate of drug-likeness (QED) is 0.414. The highest BCUT2D eigenvalue weighted by Gasteiger charge is 2.25. The number of aryl methyl sites for hydroxylation is 1. The molecule has 2 rings (SSSR count). The van der Waals surface area contributed by atoms with Gasteiger partial charge in [-0.15, -0.1) is 0 Å². The van der Waals surface area contributed by atoms with Crippen LogP contribution in [0.15, 0.2) is 18.2 Å². The number of nitrogens with zero attached hydrogens (tertiary/aromatic N) is 2. The normalized spacial score (nSPS) is 14.8. The number of halogens is 1. The summed E-state index contributed by atoms with van der Waals surface area (Å²) in [6.07, 6.45) is 0.925. The van der Waals surface area contributed by atoms with Gasteiger partial charge < -0.3 is 35.8 Å². The van der Waals surface area contributed by atoms with Gasteiger partial charge in [0.05, 0.1) is 40.5 Å². The Morgan fingerprint density at radius 1 is 1.26 bits per heavy atom. The highest BCUT2D eigenvalue weighted by atomic mass is 79.9. The molecule has 1 saturated heterocycles. The maximum atomic E-state index is 12.4. The fourth-order valence-electron chi connectivity index (χ4n) is 3.28. The second-order valence-electron chi connectivity index (χ2n) is 8.21. The number of likely N-dealkylation sites (N-methyl/N-ethyl adjacent to an activating group) is 1. The molecule has 0 spiro atoms. The van der Waals surface area contributed by atoms with Gasteiger partial charge in [0, 0.05) is 19.5 Å². The molecule has 5 nitrogen and oxygen atoms in total. The van der Waals surface area contributed by atoms with Gasteiger partial charge in [0.2, 0.25) is 0 Å². The number of quaternary nitrogens is 1. The van der Waals surface area contributed by atoms with E-state index in [9.17, 15) is 4.79 Å². The lowest BCUT2D eigenvalue weighted by Gasteiger charge is -2.33. The van der Waals surface area contributed by atoms with Crippen molar-refractivity contribution in [3.63, 3.8) is 0 Å². The van der Waals surface area contributed by atoms with Crippen LogP contribution < -0.4 is 21.7 Å². The van der Waals surface area contributed by atoms with Crippen molar-refractivity contribution in [1.82, 2.24) is 4.90 Å². The second kappa shape index (κ2) is 11.0. The van der Waals surface area contributed by atoms with Crippen LogP contribution in [0.25, 0.3) is 0 Å². The molecule has 1 aromatic carbocycles. The van der Waals surface area contributed by atoms with Crippen molar-refractivity contribution < 1.29 is 35.7 Å². The Balaban J connectivity index is 0.00000364. The third kappa shape index (κ3) is 7.80. The van der Waals surface area contributed by atoms with Gasteiger partial charge in [-0.25, -0.2) is 0 Å². The van der Waals surface area contributed by atoms with Gasteiger partial charge in [-0.2, -0.15) is 0 Å². The zero-order valence-corrected chi connectivity index (χ0v) is 19.0. The van der Waals surface area contributed by atoms with E-state index < -0.39 is 0 Å². The molecule has 1 aliphatic heterocycles. The molecule has 1 heterocycles. The standard InChI is InChI=1S/C21H35N2O3.BrH/c1-17(2)19-8-7-18(3)15-20(19)26-12-6-11-23(4,5)16-21(24)22-9-13-25-14-10-22;/h7-8,15,17H,6,9-14,16H2,1-5H3;1H/q+1;/p-1. The molecule has 0 bridgehead atoms. The summed E-state index contributed by atoms with van der Waals surface area (Å²) in [7, 11) is 4.23. The highest BCUT2D eigenvalue weighted by Crippen LogP contribution is 2.27. The van der Waals surface area contributed by atoms with E-state index in [1.165, 1.54) is 11.1 Å². The minimum Gasteiger partial charge on any atom is -1.00 e. The molecular weight excluding hydrogens is 408 g/mol. The number of carbonyl (C=O) groups excluding carboxylic acids is 1. The molecule has 6 heteroatoms. The average molecular weight is 443 g/mol. The maximum Gasteiger partial charge on any atom is 0.277 e. The third-order valence-corrected chi connectivity index (χ3v) is 4.88. The number of hydrogen-bond acceptors (Lipinski definition) is 3. The molecule has 1 fully saturated rings. The summed E-state index contributed by atoms with van der Waals surface area (Å²) < 4.78 is 12.1. The summed E-state index contributed by atoms with van der Waals surface area (Å²) in [5.74, 6) is 1.67. The van der Waals surface area contributed by atoms with E-state index in [1.807, 2.05) is 4.90 Å². The van der Waals surface area contributed by atoms with E-state index in [4.69, 9.17) is 9.47 Å². The molecule has 0 aliphatic carbocycles. The molecule has 0 aromatic heterocycles. The Bertz CT molecular complexity index is 599. The molecular formula is C21H35BrN2O3. The van der Waals surface area contributed by atoms with Crippen LogP contribution in [-0.4, -0.2) is 75.4 Å². The maximum absolute atomic E-state index is 12.4. The van der Waals surface area contributed by atoms with Crippen molar-refractivity contribution >= 4 is 5.91 Å². The van der Waals surface area contributed by atoms with Crippen molar-refractivity contribution in [3.05, 3.63) is 29.3 Å². The van der Waals surface area contributed by atoms with Gasteiger partial charge in [-0.05, 0) is 30.0 Å². The Morgan fingerprint density at radius 3 is 2.56 bits per heavy atom. The third-order valence-electron chi connectivity index (χ3n) is 4.88. The van der Waals surface area contributed by atoms with Crippen LogP contribution in [0.1, 0.15) is 37.3 Å². The molecule has 0 saturated carbocycles. The van der Waals surface area contributed by atoms with Gasteiger partial charge >= 0.3 is 0 Å². The van der Waals surface area contributed by atoms with Crippen LogP contribution in [0.5, 0.6) is 5.75 Å². The molecule has 1 aromatic rings. The Kier molecular flexibility index (Phi) is 9.77. The van der Waals surface area contributed by atoms with Gasteiger partial charge in [0.1, 0.15) is 5.75 Å². The first-order valence-electron chi connectivity index (χ1n) is 9.69. The highest BCUT2D eigenvalue weighted by molar-refractivity contribution is 5.77. The molecule has 1 aliphatic rings. The van der Waals surface area contributed by atoms with E-state index >= 15 is 0 Å². The molecule has 0 radical (unpaired) electrons. The fourth-order valence-corrected chi connectivity index (χ4v) is 3.28. The predicted octanol–water partition coefficient (Wildman–Crippen LogP) is -0.173. The van der Waals surface area contributed by atoms with E-state index in [-0.39, 0.29) is 22.9 Å². The predicted molar refractivity (Wildman–Crippen MR) is 105 cm³/mol. The second-order valence-corrected chi connectivity index (χ2v) is 8.21. The molecule has 154 valence electrons. The van der Waals surface area contributed by atoms with Crippen LogP contribution in [0, 0.1) is 6.92 Å². The topological polar surface area (TPSA) is 38.8 Å². The first kappa shape index (κ1) is 23.9. The van der Waals surface area contributed by atoms with Crippen molar-refractivity contribution in [1.29, 1.82) is 0 Å². The zero-order chi connectivity index (χ0) is 19.2. The number of amides is 1. The van der Waals surface area contributed by atoms with E-state index in [0.29, 0.717) is 49.9 Å². The zero-order valence-electron chi connectivity index (χ0n) is 17.5. The van der Waals surface area contributed by atoms with Crippen molar-refractivity contribution in [3.8, 4) is 5.75 Å². The van der Waals surface area contributed by atoms with E-state index in [1.54, 1.807) is 0 Å². The van der Waals surface area contributed by atoms with Crippen LogP contribution >= 0.6 is 0 Å². The van der Waals surface area contributed by atoms with Crippen LogP contribution in [-0.2, 0) is 9.53 Å². The van der Waals surface area contributed by atoms with Crippen LogP contribution in [0.4, 0.5) is 0 Å². The summed E-state index contributed by atoms with van der Waals surface area (Å²) in [4.78, 5) is 14.4. The van der Waals surface area contributed by atoms with Crippen molar-refractivity contribution in [2.45, 2.75) is 33.1 Å². The van der Waals surface area contributed by atoms with Crippen LogP contribution in [0.2, 0.25) is 0 Å². The number of benzene rings is 1. The fraction of sp³-hybridized carbons (Fsp3) is 0.667. The van der Waals surface area contributed by atoms with Crippen molar-refractivity contribution in [2.75, 3.05) is 60.1 Å². The van der Waals surface area contributed by atoms with Gasteiger partial charge in [-0.3, -0.25) is 4.79 Å². The van der Waals surface area contributed by atoms with Gasteiger partial charge in [0.15, 0.2) is 6.54 Å². The van der Waals surface area contributed by atoms with Gasteiger partial charge in [0.25, 0.3) is 5.91 Å². The largest absolute Gasteiger partial charge is 1.00 e. The number of ether oxygens (including phenoxy) is 2. The lowest BCUT2D eigenvalue weighted by molar-refractivity contribution is -0.882. The summed E-state index contributed by atoms with van der Waals surface area (Å²) in [6.45, 7) is 11.3. The minimum absolute atomic E-state index is 0. The SMILES string of the molecule is Cc1ccc(C(C)C)c(OCCC[N+](C)(C)CC(=O)N2CCOCC2)c1.[Br-]. The molecule has 0 unspecified atom stereocenters. The number of hydrogen-bond donors (Lipinski definition) is 0. The number of rotatable bonds is 8. The van der Waals surface area contributed by atoms with E-state index in [2.05, 4.69) is 53.1 Å². The smallest absolute Gasteiger partial charge is 0.277 e. The monoisotopic (exact) mass is 442 g/mol. The van der Waals surface area contributed by atoms with Crippen LogP contribution in [0.3, 0.4) is 0 Å². The molecule has 1 amide bonds. The molecule has 27 heavy (non-hydrogen) atoms. The first-order valence-corrected chi connectivity index (χ1v) is 9.69. The summed E-state index contributed by atoms with van der Waals surface area (Å²) >= 11 is 0. The lowest BCUT2D eigenvalue weighted by atomic mass is 10.0. The summed E-state index contributed by atoms with van der Waals surface area (Å²) in [5, 5.41) is 0. The number of carbonyl (C=O) groups is 1. The Labute approximate surface area is 175 Å². The summed E-state index contributed by atoms with van der Waals surface area (Å²) in [6, 6.07) is 6.42. The van der Waals surface area contributed by atoms with Gasteiger partial charge in [-0.1, -0.05) is 26.0 Å². The number of morpholine rings is 1.